The lowest BCUT2D eigenvalue weighted by atomic mass is 10.2. The van der Waals surface area contributed by atoms with Crippen molar-refractivity contribution in [2.45, 2.75) is 0 Å². The third kappa shape index (κ3) is 2.90. The van der Waals surface area contributed by atoms with Gasteiger partial charge in [-0.3, -0.25) is 0 Å². The van der Waals surface area contributed by atoms with Crippen molar-refractivity contribution in [2.75, 3.05) is 25.6 Å². The van der Waals surface area contributed by atoms with E-state index in [0.717, 1.165) is 11.4 Å². The SMILES string of the molecule is COc1ccc(N(C)CC(C#N)C#N)cc1. The Labute approximate surface area is 95.3 Å². The predicted molar refractivity (Wildman–Crippen MR) is 61.0 cm³/mol. The van der Waals surface area contributed by atoms with Crippen molar-refractivity contribution >= 4 is 5.69 Å². The first-order chi connectivity index (χ1) is 7.71. The Morgan fingerprint density at radius 3 is 2.25 bits per heavy atom. The Morgan fingerprint density at radius 1 is 1.25 bits per heavy atom. The van der Waals surface area contributed by atoms with Gasteiger partial charge < -0.3 is 9.64 Å². The van der Waals surface area contributed by atoms with E-state index in [2.05, 4.69) is 0 Å². The number of hydrogen-bond donors (Lipinski definition) is 0. The van der Waals surface area contributed by atoms with E-state index in [1.807, 2.05) is 48.4 Å². The van der Waals surface area contributed by atoms with E-state index in [4.69, 9.17) is 15.3 Å². The first-order valence-electron chi connectivity index (χ1n) is 4.85. The zero-order valence-corrected chi connectivity index (χ0v) is 9.34. The predicted octanol–water partition coefficient (Wildman–Crippen LogP) is 1.79. The van der Waals surface area contributed by atoms with Gasteiger partial charge in [-0.15, -0.1) is 0 Å². The minimum atomic E-state index is -0.605. The molecule has 0 aromatic heterocycles. The Morgan fingerprint density at radius 2 is 1.81 bits per heavy atom. The summed E-state index contributed by atoms with van der Waals surface area (Å²) >= 11 is 0. The molecule has 0 radical (unpaired) electrons. The highest BCUT2D eigenvalue weighted by molar-refractivity contribution is 5.48. The van der Waals surface area contributed by atoms with Gasteiger partial charge in [-0.2, -0.15) is 10.5 Å². The molecular weight excluding hydrogens is 202 g/mol. The van der Waals surface area contributed by atoms with Crippen molar-refractivity contribution in [1.82, 2.24) is 0 Å². The first kappa shape index (κ1) is 11.9. The molecule has 0 amide bonds. The smallest absolute Gasteiger partial charge is 0.150 e. The topological polar surface area (TPSA) is 60.0 Å². The maximum absolute atomic E-state index is 8.68. The zero-order valence-electron chi connectivity index (χ0n) is 9.34. The molecule has 0 fully saturated rings. The molecule has 0 aliphatic heterocycles. The third-order valence-electron chi connectivity index (χ3n) is 2.28. The van der Waals surface area contributed by atoms with Crippen LogP contribution in [0.3, 0.4) is 0 Å². The van der Waals surface area contributed by atoms with E-state index < -0.39 is 5.92 Å². The van der Waals surface area contributed by atoms with Gasteiger partial charge in [0.2, 0.25) is 0 Å². The van der Waals surface area contributed by atoms with Gasteiger partial charge in [0.25, 0.3) is 0 Å². The molecule has 0 aliphatic carbocycles. The minimum absolute atomic E-state index is 0.402. The van der Waals surface area contributed by atoms with Crippen LogP contribution in [-0.4, -0.2) is 20.7 Å². The first-order valence-corrected chi connectivity index (χ1v) is 4.85. The highest BCUT2D eigenvalue weighted by Gasteiger charge is 2.09. The second kappa shape index (κ2) is 5.63. The summed E-state index contributed by atoms with van der Waals surface area (Å²) in [5.74, 6) is 0.182. The minimum Gasteiger partial charge on any atom is -0.497 e. The second-order valence-corrected chi connectivity index (χ2v) is 3.39. The summed E-state index contributed by atoms with van der Waals surface area (Å²) in [4.78, 5) is 1.87. The maximum atomic E-state index is 8.68. The van der Waals surface area contributed by atoms with Gasteiger partial charge in [-0.1, -0.05) is 0 Å². The molecule has 1 rings (SSSR count). The van der Waals surface area contributed by atoms with E-state index in [1.165, 1.54) is 0 Å². The second-order valence-electron chi connectivity index (χ2n) is 3.39. The summed E-state index contributed by atoms with van der Waals surface area (Å²) in [5, 5.41) is 17.4. The average molecular weight is 215 g/mol. The number of anilines is 1. The van der Waals surface area contributed by atoms with Crippen LogP contribution in [0.1, 0.15) is 0 Å². The van der Waals surface area contributed by atoms with E-state index >= 15 is 0 Å². The molecule has 4 heteroatoms. The molecule has 1 aromatic rings. The van der Waals surface area contributed by atoms with E-state index in [0.29, 0.717) is 6.54 Å². The van der Waals surface area contributed by atoms with Gasteiger partial charge in [-0.05, 0) is 24.3 Å². The molecule has 0 bridgehead atoms. The fourth-order valence-corrected chi connectivity index (χ4v) is 1.33. The standard InChI is InChI=1S/C12H13N3O/c1-15(9-10(7-13)8-14)11-3-5-12(16-2)6-4-11/h3-6,10H,9H2,1-2H3. The highest BCUT2D eigenvalue weighted by atomic mass is 16.5. The Bertz CT molecular complexity index is 399. The van der Waals surface area contributed by atoms with Crippen LogP contribution in [0.4, 0.5) is 5.69 Å². The van der Waals surface area contributed by atoms with E-state index in [9.17, 15) is 0 Å². The summed E-state index contributed by atoms with van der Waals surface area (Å²) in [5.41, 5.74) is 0.955. The number of ether oxygens (including phenoxy) is 1. The molecule has 16 heavy (non-hydrogen) atoms. The van der Waals surface area contributed by atoms with Crippen molar-refractivity contribution in [3.63, 3.8) is 0 Å². The quantitative estimate of drug-likeness (QED) is 0.768. The van der Waals surface area contributed by atoms with Gasteiger partial charge in [0.05, 0.1) is 19.2 Å². The Hall–Kier alpha value is -2.20. The van der Waals surface area contributed by atoms with Gasteiger partial charge >= 0.3 is 0 Å². The third-order valence-corrected chi connectivity index (χ3v) is 2.28. The van der Waals surface area contributed by atoms with Crippen molar-refractivity contribution in [3.05, 3.63) is 24.3 Å². The molecule has 0 atom stereocenters. The van der Waals surface area contributed by atoms with E-state index in [1.54, 1.807) is 7.11 Å². The summed E-state index contributed by atoms with van der Waals surface area (Å²) in [7, 11) is 3.46. The fourth-order valence-electron chi connectivity index (χ4n) is 1.33. The summed E-state index contributed by atoms with van der Waals surface area (Å²) < 4.78 is 5.05. The number of nitrogens with zero attached hydrogens (tertiary/aromatic N) is 3. The van der Waals surface area contributed by atoms with Crippen LogP contribution in [0.25, 0.3) is 0 Å². The molecule has 0 aliphatic rings. The Balaban J connectivity index is 2.70. The lowest BCUT2D eigenvalue weighted by Crippen LogP contribution is -2.23. The van der Waals surface area contributed by atoms with Crippen molar-refractivity contribution in [2.24, 2.45) is 5.92 Å². The number of nitriles is 2. The van der Waals surface area contributed by atoms with Crippen LogP contribution >= 0.6 is 0 Å². The molecule has 0 saturated heterocycles. The lowest BCUT2D eigenvalue weighted by Gasteiger charge is -2.19. The molecule has 0 spiro atoms. The van der Waals surface area contributed by atoms with Gasteiger partial charge in [0.15, 0.2) is 5.92 Å². The zero-order chi connectivity index (χ0) is 12.0. The Kier molecular flexibility index (Phi) is 4.17. The van der Waals surface area contributed by atoms with Crippen LogP contribution in [0.15, 0.2) is 24.3 Å². The van der Waals surface area contributed by atoms with Crippen LogP contribution in [0.2, 0.25) is 0 Å². The summed E-state index contributed by atoms with van der Waals surface area (Å²) in [6, 6.07) is 11.4. The van der Waals surface area contributed by atoms with Crippen LogP contribution in [-0.2, 0) is 0 Å². The molecule has 82 valence electrons. The van der Waals surface area contributed by atoms with Crippen LogP contribution < -0.4 is 9.64 Å². The molecule has 0 N–H and O–H groups in total. The number of hydrogen-bond acceptors (Lipinski definition) is 4. The number of methoxy groups -OCH3 is 1. The van der Waals surface area contributed by atoms with E-state index in [-0.39, 0.29) is 0 Å². The van der Waals surface area contributed by atoms with Crippen molar-refractivity contribution in [1.29, 1.82) is 10.5 Å². The molecule has 0 saturated carbocycles. The molecule has 0 unspecified atom stereocenters. The monoisotopic (exact) mass is 215 g/mol. The normalized spacial score (nSPS) is 9.31. The van der Waals surface area contributed by atoms with Crippen LogP contribution in [0.5, 0.6) is 5.75 Å². The largest absolute Gasteiger partial charge is 0.497 e. The number of benzene rings is 1. The van der Waals surface area contributed by atoms with Gasteiger partial charge in [0.1, 0.15) is 5.75 Å². The molecular formula is C12H13N3O. The fraction of sp³-hybridized carbons (Fsp3) is 0.333. The average Bonchev–Trinajstić information content (AvgIpc) is 2.35. The maximum Gasteiger partial charge on any atom is 0.150 e. The van der Waals surface area contributed by atoms with Crippen molar-refractivity contribution in [3.8, 4) is 17.9 Å². The molecule has 0 heterocycles. The summed E-state index contributed by atoms with van der Waals surface area (Å²) in [6.07, 6.45) is 0. The lowest BCUT2D eigenvalue weighted by molar-refractivity contribution is 0.415. The van der Waals surface area contributed by atoms with Crippen LogP contribution in [0, 0.1) is 28.6 Å². The van der Waals surface area contributed by atoms with Gasteiger partial charge in [-0.25, -0.2) is 0 Å². The highest BCUT2D eigenvalue weighted by Crippen LogP contribution is 2.18. The number of rotatable bonds is 4. The van der Waals surface area contributed by atoms with Gasteiger partial charge in [0, 0.05) is 19.3 Å². The molecule has 4 nitrogen and oxygen atoms in total. The van der Waals surface area contributed by atoms with Crippen molar-refractivity contribution < 1.29 is 4.74 Å². The summed E-state index contributed by atoms with van der Waals surface area (Å²) in [6.45, 7) is 0.402. The molecule has 1 aromatic carbocycles.